The fourth-order valence-electron chi connectivity index (χ4n) is 4.84. The standard InChI is InChI=1S/C25H28N2O6/c28-13-22(24(30)31)27-23(29)15-6-5-7-16(12-15)26-25(32)33-14-21-19-10-3-1-8-17(19)18-9-2-4-11-20(18)21/h1-4,8-11,15-16,21-22,28H,5-7,12-14H2,(H,26,32)(H,27,29)(H,30,31)/t15?,16?,22-/m0/s1. The molecule has 2 aromatic rings. The number of carbonyl (C=O) groups excluding carboxylic acids is 2. The van der Waals surface area contributed by atoms with Crippen molar-refractivity contribution in [1.29, 1.82) is 0 Å². The topological polar surface area (TPSA) is 125 Å². The lowest BCUT2D eigenvalue weighted by Crippen LogP contribution is -2.48. The van der Waals surface area contributed by atoms with Crippen molar-refractivity contribution in [1.82, 2.24) is 10.6 Å². The van der Waals surface area contributed by atoms with Crippen molar-refractivity contribution >= 4 is 18.0 Å². The predicted octanol–water partition coefficient (Wildman–Crippen LogP) is 2.65. The van der Waals surface area contributed by atoms with E-state index in [1.165, 1.54) is 0 Å². The Morgan fingerprint density at radius 3 is 2.24 bits per heavy atom. The molecule has 0 aromatic heterocycles. The average Bonchev–Trinajstić information content (AvgIpc) is 3.14. The molecule has 4 rings (SSSR count). The van der Waals surface area contributed by atoms with E-state index < -0.39 is 36.5 Å². The molecule has 2 aliphatic rings. The van der Waals surface area contributed by atoms with Crippen LogP contribution in [0.1, 0.15) is 42.7 Å². The number of hydrogen-bond donors (Lipinski definition) is 4. The maximum absolute atomic E-state index is 12.5. The number of carboxylic acid groups (broad SMARTS) is 1. The quantitative estimate of drug-likeness (QED) is 0.512. The first kappa shape index (κ1) is 22.8. The Labute approximate surface area is 192 Å². The first-order valence-electron chi connectivity index (χ1n) is 11.2. The molecule has 0 radical (unpaired) electrons. The summed E-state index contributed by atoms with van der Waals surface area (Å²) in [5.74, 6) is -2.16. The third kappa shape index (κ3) is 5.01. The van der Waals surface area contributed by atoms with Gasteiger partial charge in [0.25, 0.3) is 0 Å². The number of aliphatic hydroxyl groups is 1. The molecule has 0 bridgehead atoms. The molecule has 0 heterocycles. The molecule has 8 nitrogen and oxygen atoms in total. The predicted molar refractivity (Wildman–Crippen MR) is 121 cm³/mol. The van der Waals surface area contributed by atoms with Crippen LogP contribution in [0.4, 0.5) is 4.79 Å². The highest BCUT2D eigenvalue weighted by Crippen LogP contribution is 2.44. The Bertz CT molecular complexity index is 994. The van der Waals surface area contributed by atoms with Crippen LogP contribution in [0, 0.1) is 5.92 Å². The van der Waals surface area contributed by atoms with Crippen LogP contribution in [-0.4, -0.2) is 53.5 Å². The summed E-state index contributed by atoms with van der Waals surface area (Å²) in [5, 5.41) is 23.3. The summed E-state index contributed by atoms with van der Waals surface area (Å²) in [6.07, 6.45) is 1.92. The minimum Gasteiger partial charge on any atom is -0.480 e. The van der Waals surface area contributed by atoms with Crippen molar-refractivity contribution in [3.8, 4) is 11.1 Å². The number of nitrogens with one attached hydrogen (secondary N) is 2. The molecule has 1 saturated carbocycles. The molecule has 2 aliphatic carbocycles. The van der Waals surface area contributed by atoms with Crippen LogP contribution in [0.2, 0.25) is 0 Å². The fraction of sp³-hybridized carbons (Fsp3) is 0.400. The van der Waals surface area contributed by atoms with Gasteiger partial charge in [0.1, 0.15) is 12.6 Å². The first-order valence-corrected chi connectivity index (χ1v) is 11.2. The van der Waals surface area contributed by atoms with Gasteiger partial charge in [-0.05, 0) is 41.5 Å². The second-order valence-corrected chi connectivity index (χ2v) is 8.61. The van der Waals surface area contributed by atoms with Crippen molar-refractivity contribution in [3.05, 3.63) is 59.7 Å². The molecular weight excluding hydrogens is 424 g/mol. The highest BCUT2D eigenvalue weighted by Gasteiger charge is 2.32. The van der Waals surface area contributed by atoms with E-state index in [4.69, 9.17) is 14.9 Å². The number of aliphatic carboxylic acids is 1. The Morgan fingerprint density at radius 1 is 1.00 bits per heavy atom. The Kier molecular flexibility index (Phi) is 6.93. The van der Waals surface area contributed by atoms with E-state index in [1.54, 1.807) is 0 Å². The summed E-state index contributed by atoms with van der Waals surface area (Å²) < 4.78 is 5.59. The molecule has 1 fully saturated rings. The number of fused-ring (bicyclic) bond motifs is 3. The van der Waals surface area contributed by atoms with E-state index >= 15 is 0 Å². The summed E-state index contributed by atoms with van der Waals surface area (Å²) in [7, 11) is 0. The SMILES string of the molecule is O=C(NC1CCCC(C(=O)N[C@@H](CO)C(=O)O)C1)OCC1c2ccccc2-c2ccccc21. The van der Waals surface area contributed by atoms with Crippen molar-refractivity contribution in [2.75, 3.05) is 13.2 Å². The van der Waals surface area contributed by atoms with Gasteiger partial charge in [-0.15, -0.1) is 0 Å². The van der Waals surface area contributed by atoms with Gasteiger partial charge in [-0.2, -0.15) is 0 Å². The van der Waals surface area contributed by atoms with Crippen molar-refractivity contribution in [2.45, 2.75) is 43.7 Å². The van der Waals surface area contributed by atoms with Crippen molar-refractivity contribution < 1.29 is 29.3 Å². The number of rotatable bonds is 7. The van der Waals surface area contributed by atoms with E-state index in [9.17, 15) is 14.4 Å². The number of ether oxygens (including phenoxy) is 1. The summed E-state index contributed by atoms with van der Waals surface area (Å²) in [6, 6.07) is 14.7. The molecule has 4 N–H and O–H groups in total. The van der Waals surface area contributed by atoms with Gasteiger partial charge in [0.05, 0.1) is 6.61 Å². The lowest BCUT2D eigenvalue weighted by Gasteiger charge is -2.29. The van der Waals surface area contributed by atoms with E-state index in [0.29, 0.717) is 12.8 Å². The number of carboxylic acids is 1. The summed E-state index contributed by atoms with van der Waals surface area (Å²) in [4.78, 5) is 36.0. The van der Waals surface area contributed by atoms with Crippen molar-refractivity contribution in [2.24, 2.45) is 5.92 Å². The van der Waals surface area contributed by atoms with Crippen LogP contribution in [-0.2, 0) is 14.3 Å². The zero-order valence-corrected chi connectivity index (χ0v) is 18.2. The summed E-state index contributed by atoms with van der Waals surface area (Å²) in [6.45, 7) is -0.456. The van der Waals surface area contributed by atoms with Gasteiger partial charge >= 0.3 is 12.1 Å². The zero-order valence-electron chi connectivity index (χ0n) is 18.2. The minimum absolute atomic E-state index is 0.0283. The molecule has 33 heavy (non-hydrogen) atoms. The number of hydrogen-bond acceptors (Lipinski definition) is 5. The van der Waals surface area contributed by atoms with E-state index in [0.717, 1.165) is 35.1 Å². The molecular formula is C25H28N2O6. The third-order valence-electron chi connectivity index (χ3n) is 6.51. The smallest absolute Gasteiger partial charge is 0.407 e. The maximum atomic E-state index is 12.5. The van der Waals surface area contributed by atoms with Crippen LogP contribution in [0.5, 0.6) is 0 Å². The van der Waals surface area contributed by atoms with Gasteiger partial charge in [0.2, 0.25) is 5.91 Å². The maximum Gasteiger partial charge on any atom is 0.407 e. The average molecular weight is 453 g/mol. The Morgan fingerprint density at radius 2 is 1.64 bits per heavy atom. The number of alkyl carbamates (subject to hydrolysis) is 1. The molecule has 2 aromatic carbocycles. The molecule has 174 valence electrons. The van der Waals surface area contributed by atoms with Gasteiger partial charge in [-0.25, -0.2) is 9.59 Å². The van der Waals surface area contributed by atoms with Crippen molar-refractivity contribution in [3.63, 3.8) is 0 Å². The number of aliphatic hydroxyl groups excluding tert-OH is 1. The Hall–Kier alpha value is -3.39. The van der Waals surface area contributed by atoms with E-state index in [-0.39, 0.29) is 18.6 Å². The highest BCUT2D eigenvalue weighted by atomic mass is 16.5. The van der Waals surface area contributed by atoms with Crippen LogP contribution >= 0.6 is 0 Å². The monoisotopic (exact) mass is 452 g/mol. The second kappa shape index (κ2) is 10.0. The molecule has 3 atom stereocenters. The molecule has 2 amide bonds. The highest BCUT2D eigenvalue weighted by molar-refractivity contribution is 5.85. The number of benzene rings is 2. The van der Waals surface area contributed by atoms with E-state index in [1.807, 2.05) is 24.3 Å². The van der Waals surface area contributed by atoms with E-state index in [2.05, 4.69) is 34.9 Å². The Balaban J connectivity index is 1.32. The number of carbonyl (C=O) groups is 3. The first-order chi connectivity index (χ1) is 16.0. The molecule has 0 spiro atoms. The zero-order chi connectivity index (χ0) is 23.4. The third-order valence-corrected chi connectivity index (χ3v) is 6.51. The van der Waals surface area contributed by atoms with Crippen LogP contribution in [0.3, 0.4) is 0 Å². The summed E-state index contributed by atoms with van der Waals surface area (Å²) in [5.41, 5.74) is 4.59. The van der Waals surface area contributed by atoms with Crippen LogP contribution < -0.4 is 10.6 Å². The second-order valence-electron chi connectivity index (χ2n) is 8.61. The molecule has 2 unspecified atom stereocenters. The van der Waals surface area contributed by atoms with Gasteiger partial charge in [0.15, 0.2) is 0 Å². The minimum atomic E-state index is -1.33. The fourth-order valence-corrected chi connectivity index (χ4v) is 4.84. The largest absolute Gasteiger partial charge is 0.480 e. The normalized spacial score (nSPS) is 20.3. The van der Waals surface area contributed by atoms with Gasteiger partial charge in [-0.1, -0.05) is 55.0 Å². The number of amides is 2. The summed E-state index contributed by atoms with van der Waals surface area (Å²) >= 11 is 0. The molecule has 8 heteroatoms. The lowest BCUT2D eigenvalue weighted by atomic mass is 9.85. The lowest BCUT2D eigenvalue weighted by molar-refractivity contribution is -0.143. The molecule has 0 aliphatic heterocycles. The molecule has 0 saturated heterocycles. The van der Waals surface area contributed by atoms with Crippen LogP contribution in [0.25, 0.3) is 11.1 Å². The van der Waals surface area contributed by atoms with Gasteiger partial charge in [-0.3, -0.25) is 4.79 Å². The van der Waals surface area contributed by atoms with Gasteiger partial charge in [0, 0.05) is 17.9 Å². The van der Waals surface area contributed by atoms with Gasteiger partial charge < -0.3 is 25.6 Å². The van der Waals surface area contributed by atoms with Crippen LogP contribution in [0.15, 0.2) is 48.5 Å².